The second kappa shape index (κ2) is 14.9. The molecule has 38 heavy (non-hydrogen) atoms. The molecule has 2 N–H and O–H groups in total. The SMILES string of the molecule is CNC(=O)c1cc(F)ccc1CNC(=O)c1nc(N2CCCN(C)S2([O-])[O-])c2cccnc2c1[O-].[Na+].[Na+].[Na+]. The molecule has 0 aliphatic carbocycles. The molecule has 0 bridgehead atoms. The summed E-state index contributed by atoms with van der Waals surface area (Å²) in [7, 11) is -1.09. The Balaban J connectivity index is 0.00000241. The van der Waals surface area contributed by atoms with Crippen LogP contribution < -0.4 is 109 Å². The normalized spacial score (nSPS) is 15.3. The number of carbonyl (C=O) groups excluding carboxylic acids is 2. The minimum Gasteiger partial charge on any atom is -0.869 e. The minimum atomic E-state index is -3.92. The van der Waals surface area contributed by atoms with E-state index in [4.69, 9.17) is 0 Å². The van der Waals surface area contributed by atoms with Gasteiger partial charge in [-0.15, -0.1) is 0 Å². The summed E-state index contributed by atoms with van der Waals surface area (Å²) in [6.07, 6.45) is 1.88. The van der Waals surface area contributed by atoms with Crippen LogP contribution in [-0.2, 0) is 6.54 Å². The van der Waals surface area contributed by atoms with E-state index in [2.05, 4.69) is 20.6 Å². The second-order valence-electron chi connectivity index (χ2n) is 7.83. The molecule has 0 radical (unpaired) electrons. The maximum absolute atomic E-state index is 13.6. The number of halogens is 1. The molecular weight excluding hydrogens is 548 g/mol. The molecular formula is C22H22FN6Na3O5S. The molecule has 186 valence electrons. The molecule has 11 nitrogen and oxygen atoms in total. The van der Waals surface area contributed by atoms with Gasteiger partial charge in [0.05, 0.1) is 5.52 Å². The molecule has 3 aromatic rings. The van der Waals surface area contributed by atoms with E-state index in [1.54, 1.807) is 6.07 Å². The van der Waals surface area contributed by atoms with Crippen LogP contribution in [0, 0.1) is 5.82 Å². The zero-order valence-electron chi connectivity index (χ0n) is 21.9. The van der Waals surface area contributed by atoms with Crippen LogP contribution >= 0.6 is 11.0 Å². The van der Waals surface area contributed by atoms with Crippen molar-refractivity contribution in [1.82, 2.24) is 24.9 Å². The Bertz CT molecular complexity index is 1320. The van der Waals surface area contributed by atoms with Crippen molar-refractivity contribution in [1.29, 1.82) is 0 Å². The predicted molar refractivity (Wildman–Crippen MR) is 124 cm³/mol. The molecule has 16 heteroatoms. The fraction of sp³-hybridized carbons (Fsp3) is 0.273. The Morgan fingerprint density at radius 1 is 1.13 bits per heavy atom. The van der Waals surface area contributed by atoms with Crippen molar-refractivity contribution in [2.45, 2.75) is 13.0 Å². The Labute approximate surface area is 287 Å². The van der Waals surface area contributed by atoms with E-state index < -0.39 is 40.0 Å². The number of anilines is 1. The third kappa shape index (κ3) is 7.21. The monoisotopic (exact) mass is 570 g/mol. The predicted octanol–water partition coefficient (Wildman–Crippen LogP) is -7.82. The summed E-state index contributed by atoms with van der Waals surface area (Å²) < 4.78 is 41.7. The number of nitrogens with one attached hydrogen (secondary N) is 2. The average Bonchev–Trinajstić information content (AvgIpc) is 2.85. The Kier molecular flexibility index (Phi) is 13.9. The van der Waals surface area contributed by atoms with Gasteiger partial charge in [-0.1, -0.05) is 6.07 Å². The van der Waals surface area contributed by atoms with Crippen molar-refractivity contribution in [3.05, 3.63) is 59.2 Å². The first-order valence-corrected chi connectivity index (χ1v) is 12.0. The molecule has 0 unspecified atom stereocenters. The van der Waals surface area contributed by atoms with Crippen molar-refractivity contribution < 1.29 is 117 Å². The van der Waals surface area contributed by atoms with Gasteiger partial charge in [-0.2, -0.15) is 0 Å². The molecule has 2 amide bonds. The number of pyridine rings is 2. The molecule has 1 fully saturated rings. The second-order valence-corrected chi connectivity index (χ2v) is 9.79. The molecule has 1 aliphatic heterocycles. The van der Waals surface area contributed by atoms with Gasteiger partial charge in [-0.05, 0) is 42.0 Å². The maximum Gasteiger partial charge on any atom is 1.00 e. The fourth-order valence-electron chi connectivity index (χ4n) is 3.80. The molecule has 4 rings (SSSR count). The first-order valence-electron chi connectivity index (χ1n) is 10.6. The molecule has 3 heterocycles. The van der Waals surface area contributed by atoms with Gasteiger partial charge in [0.25, 0.3) is 11.8 Å². The minimum absolute atomic E-state index is 0. The van der Waals surface area contributed by atoms with Gasteiger partial charge >= 0.3 is 88.7 Å². The summed E-state index contributed by atoms with van der Waals surface area (Å²) in [5.41, 5.74) is -0.311. The molecule has 1 aliphatic rings. The number of amides is 2. The zero-order chi connectivity index (χ0) is 25.3. The van der Waals surface area contributed by atoms with Crippen LogP contribution in [0.5, 0.6) is 5.75 Å². The summed E-state index contributed by atoms with van der Waals surface area (Å²) in [5, 5.41) is 18.1. The van der Waals surface area contributed by atoms with E-state index in [9.17, 15) is 28.2 Å². The average molecular weight is 570 g/mol. The summed E-state index contributed by atoms with van der Waals surface area (Å²) in [6.45, 7) is 0.241. The van der Waals surface area contributed by atoms with Crippen molar-refractivity contribution in [3.63, 3.8) is 0 Å². The van der Waals surface area contributed by atoms with Crippen molar-refractivity contribution in [2.24, 2.45) is 0 Å². The van der Waals surface area contributed by atoms with E-state index in [1.165, 1.54) is 36.7 Å². The van der Waals surface area contributed by atoms with Gasteiger partial charge in [-0.25, -0.2) is 9.37 Å². The number of hydrogen-bond donors (Lipinski definition) is 2. The van der Waals surface area contributed by atoms with Gasteiger partial charge < -0.3 is 40.1 Å². The molecule has 0 atom stereocenters. The number of aromatic nitrogens is 2. The zero-order valence-corrected chi connectivity index (χ0v) is 28.7. The first-order chi connectivity index (χ1) is 16.6. The van der Waals surface area contributed by atoms with Gasteiger partial charge in [0, 0.05) is 50.9 Å². The third-order valence-electron chi connectivity index (χ3n) is 5.64. The quantitative estimate of drug-likeness (QED) is 0.284. The van der Waals surface area contributed by atoms with Gasteiger partial charge in [0.15, 0.2) is 5.82 Å². The van der Waals surface area contributed by atoms with Crippen LogP contribution in [0.3, 0.4) is 0 Å². The van der Waals surface area contributed by atoms with Crippen molar-refractivity contribution in [3.8, 4) is 5.75 Å². The Hall–Kier alpha value is -0.520. The summed E-state index contributed by atoms with van der Waals surface area (Å²) >= 11 is 0. The van der Waals surface area contributed by atoms with E-state index in [0.29, 0.717) is 18.5 Å². The van der Waals surface area contributed by atoms with E-state index in [0.717, 1.165) is 16.4 Å². The maximum atomic E-state index is 13.6. The fourth-order valence-corrected chi connectivity index (χ4v) is 5.21. The van der Waals surface area contributed by atoms with Crippen LogP contribution in [0.2, 0.25) is 0 Å². The molecule has 0 saturated carbocycles. The summed E-state index contributed by atoms with van der Waals surface area (Å²) in [5.74, 6) is -2.90. The Morgan fingerprint density at radius 3 is 2.53 bits per heavy atom. The number of nitrogens with zero attached hydrogens (tertiary/aromatic N) is 4. The van der Waals surface area contributed by atoms with Crippen LogP contribution in [0.25, 0.3) is 10.9 Å². The standard InChI is InChI=1S/C22H25FN6O5S.3Na/c1-24-21(31)16-11-14(23)7-6-13(16)12-26-22(32)18-19(30)17-15(5-3-8-25-17)20(27-18)29-10-4-9-28(2)35(29,33)34;;;/h3,5-8,11,30,33-34H,4,9-10,12H2,1-2H3,(H,24,31)(H,26,32);;;/q;3*+1/p-3. The van der Waals surface area contributed by atoms with Crippen LogP contribution in [0.1, 0.15) is 32.8 Å². The number of benzene rings is 1. The topological polar surface area (TPSA) is 160 Å². The number of carbonyl (C=O) groups is 2. The number of fused-ring (bicyclic) bond motifs is 1. The number of rotatable bonds is 5. The van der Waals surface area contributed by atoms with Crippen LogP contribution in [-0.4, -0.2) is 62.4 Å². The third-order valence-corrected chi connectivity index (χ3v) is 7.52. The van der Waals surface area contributed by atoms with Crippen molar-refractivity contribution in [2.75, 3.05) is 31.5 Å². The Morgan fingerprint density at radius 2 is 1.84 bits per heavy atom. The van der Waals surface area contributed by atoms with E-state index in [1.807, 2.05) is 0 Å². The summed E-state index contributed by atoms with van der Waals surface area (Å²) in [4.78, 5) is 33.3. The molecule has 1 aromatic carbocycles. The van der Waals surface area contributed by atoms with E-state index >= 15 is 0 Å². The van der Waals surface area contributed by atoms with Gasteiger partial charge in [0.2, 0.25) is 0 Å². The molecule has 2 aromatic heterocycles. The first kappa shape index (κ1) is 35.5. The largest absolute Gasteiger partial charge is 1.00 e. The smallest absolute Gasteiger partial charge is 0.869 e. The van der Waals surface area contributed by atoms with Crippen molar-refractivity contribution >= 4 is 39.5 Å². The van der Waals surface area contributed by atoms with Crippen LogP contribution in [0.15, 0.2) is 36.5 Å². The van der Waals surface area contributed by atoms with Gasteiger partial charge in [-0.3, -0.25) is 18.9 Å². The number of hydrogen-bond acceptors (Lipinski definition) is 9. The van der Waals surface area contributed by atoms with E-state index in [-0.39, 0.29) is 124 Å². The van der Waals surface area contributed by atoms with Crippen LogP contribution in [0.4, 0.5) is 10.2 Å². The molecule has 1 saturated heterocycles. The summed E-state index contributed by atoms with van der Waals surface area (Å²) in [6, 6.07) is 6.58. The van der Waals surface area contributed by atoms with Gasteiger partial charge in [0.1, 0.15) is 11.5 Å². The molecule has 0 spiro atoms.